The number of nitrogens with one attached hydrogen (secondary N) is 1. The Morgan fingerprint density at radius 2 is 1.94 bits per heavy atom. The normalized spacial score (nSPS) is 18.3. The van der Waals surface area contributed by atoms with Gasteiger partial charge in [0.05, 0.1) is 17.6 Å². The minimum atomic E-state index is -4.25. The number of halogens is 3. The van der Waals surface area contributed by atoms with Gasteiger partial charge >= 0.3 is 0 Å². The van der Waals surface area contributed by atoms with Crippen LogP contribution in [0.25, 0.3) is 0 Å². The molecule has 0 bridgehead atoms. The Morgan fingerprint density at radius 1 is 1.16 bits per heavy atom. The molecule has 1 unspecified atom stereocenters. The molecule has 11 heteroatoms. The van der Waals surface area contributed by atoms with Crippen LogP contribution < -0.4 is 5.32 Å². The van der Waals surface area contributed by atoms with Crippen LogP contribution in [-0.2, 0) is 21.4 Å². The highest BCUT2D eigenvalue weighted by molar-refractivity contribution is 7.89. The van der Waals surface area contributed by atoms with Crippen LogP contribution in [0.15, 0.2) is 41.3 Å². The molecule has 0 saturated carbocycles. The fraction of sp³-hybridized carbons (Fsp3) is 0.350. The average molecular weight is 458 g/mol. The van der Waals surface area contributed by atoms with Crippen molar-refractivity contribution in [2.75, 3.05) is 31.6 Å². The van der Waals surface area contributed by atoms with E-state index in [9.17, 15) is 31.5 Å². The minimum absolute atomic E-state index is 0.0353. The number of nitrogens with zero attached hydrogens (tertiary/aromatic N) is 1. The van der Waals surface area contributed by atoms with Gasteiger partial charge in [0.1, 0.15) is 6.67 Å². The van der Waals surface area contributed by atoms with E-state index in [1.807, 2.05) is 0 Å². The number of hydrogen-bond acceptors (Lipinski definition) is 5. The van der Waals surface area contributed by atoms with Crippen LogP contribution in [0.3, 0.4) is 0 Å². The summed E-state index contributed by atoms with van der Waals surface area (Å²) >= 11 is 0. The minimum Gasteiger partial charge on any atom is -0.392 e. The molecule has 168 valence electrons. The summed E-state index contributed by atoms with van der Waals surface area (Å²) in [4.78, 5) is 12.1. The van der Waals surface area contributed by atoms with Crippen LogP contribution in [0, 0.1) is 11.6 Å². The zero-order valence-corrected chi connectivity index (χ0v) is 17.2. The van der Waals surface area contributed by atoms with Gasteiger partial charge in [-0.05, 0) is 30.7 Å². The van der Waals surface area contributed by atoms with Crippen molar-refractivity contribution in [3.63, 3.8) is 0 Å². The molecule has 1 saturated heterocycles. The molecule has 1 fully saturated rings. The van der Waals surface area contributed by atoms with E-state index in [1.54, 1.807) is 0 Å². The largest absolute Gasteiger partial charge is 0.392 e. The number of rotatable bonds is 5. The van der Waals surface area contributed by atoms with Gasteiger partial charge in [-0.15, -0.1) is 0 Å². The molecule has 0 aromatic heterocycles. The van der Waals surface area contributed by atoms with Crippen LogP contribution in [0.4, 0.5) is 18.9 Å². The molecule has 3 rings (SSSR count). The highest BCUT2D eigenvalue weighted by Crippen LogP contribution is 2.25. The number of aliphatic hydroxyl groups is 1. The first-order valence-corrected chi connectivity index (χ1v) is 10.9. The molecule has 1 amide bonds. The number of amides is 1. The van der Waals surface area contributed by atoms with Crippen LogP contribution >= 0.6 is 0 Å². The van der Waals surface area contributed by atoms with E-state index >= 15 is 0 Å². The number of alkyl halides is 1. The van der Waals surface area contributed by atoms with Crippen molar-refractivity contribution in [2.45, 2.75) is 24.1 Å². The van der Waals surface area contributed by atoms with Gasteiger partial charge < -0.3 is 15.2 Å². The number of carbonyl (C=O) groups is 1. The number of ether oxygens (including phenoxy) is 1. The Labute approximate surface area is 177 Å². The molecule has 1 atom stereocenters. The SMILES string of the molecule is O=C(Nc1ccc(F)c(F)c1)c1ccc(CF)c(S(=O)(=O)N2CCOCCC(O)C2)c1. The highest BCUT2D eigenvalue weighted by atomic mass is 32.2. The molecule has 0 spiro atoms. The Bertz CT molecular complexity index is 1060. The second-order valence-corrected chi connectivity index (χ2v) is 8.86. The van der Waals surface area contributed by atoms with E-state index in [0.29, 0.717) is 6.61 Å². The maximum atomic E-state index is 13.5. The Hall–Kier alpha value is -2.47. The third-order valence-corrected chi connectivity index (χ3v) is 6.71. The lowest BCUT2D eigenvalue weighted by molar-refractivity contribution is 0.0423. The van der Waals surface area contributed by atoms with Crippen molar-refractivity contribution in [3.8, 4) is 0 Å². The van der Waals surface area contributed by atoms with Gasteiger partial charge in [-0.2, -0.15) is 4.31 Å². The molecule has 2 aromatic carbocycles. The molecule has 1 heterocycles. The van der Waals surface area contributed by atoms with Gasteiger partial charge in [0.25, 0.3) is 5.91 Å². The smallest absolute Gasteiger partial charge is 0.255 e. The first-order chi connectivity index (χ1) is 14.7. The van der Waals surface area contributed by atoms with Gasteiger partial charge in [0.15, 0.2) is 11.6 Å². The van der Waals surface area contributed by atoms with Crippen molar-refractivity contribution < 1.29 is 36.2 Å². The van der Waals surface area contributed by atoms with E-state index in [4.69, 9.17) is 4.74 Å². The number of anilines is 1. The van der Waals surface area contributed by atoms with Crippen LogP contribution in [-0.4, -0.2) is 56.1 Å². The standard InChI is InChI=1S/C20H21F3N2O5S/c21-11-14-2-1-13(20(27)24-15-3-4-17(22)18(23)10-15)9-19(14)31(28,29)25-6-8-30-7-5-16(26)12-25/h1-4,9-10,16,26H,5-8,11-12H2,(H,24,27). The van der Waals surface area contributed by atoms with Crippen molar-refractivity contribution in [1.82, 2.24) is 4.31 Å². The van der Waals surface area contributed by atoms with Crippen molar-refractivity contribution in [2.24, 2.45) is 0 Å². The summed E-state index contributed by atoms with van der Waals surface area (Å²) in [7, 11) is -4.25. The molecule has 0 aliphatic carbocycles. The topological polar surface area (TPSA) is 95.9 Å². The number of aliphatic hydroxyl groups excluding tert-OH is 1. The number of sulfonamides is 1. The average Bonchev–Trinajstić information content (AvgIpc) is 2.72. The Kier molecular flexibility index (Phi) is 7.31. The molecule has 1 aliphatic rings. The maximum absolute atomic E-state index is 13.5. The fourth-order valence-electron chi connectivity index (χ4n) is 3.09. The summed E-state index contributed by atoms with van der Waals surface area (Å²) in [6.07, 6.45) is -0.706. The van der Waals surface area contributed by atoms with Crippen molar-refractivity contribution in [3.05, 3.63) is 59.2 Å². The van der Waals surface area contributed by atoms with Crippen molar-refractivity contribution in [1.29, 1.82) is 0 Å². The third-order valence-electron chi connectivity index (χ3n) is 4.76. The van der Waals surface area contributed by atoms with E-state index in [-0.39, 0.29) is 42.9 Å². The summed E-state index contributed by atoms with van der Waals surface area (Å²) in [5, 5.41) is 12.3. The molecule has 31 heavy (non-hydrogen) atoms. The Morgan fingerprint density at radius 3 is 2.65 bits per heavy atom. The zero-order valence-electron chi connectivity index (χ0n) is 16.4. The zero-order chi connectivity index (χ0) is 22.6. The lowest BCUT2D eigenvalue weighted by Crippen LogP contribution is -2.42. The molecule has 7 nitrogen and oxygen atoms in total. The number of carbonyl (C=O) groups excluding carboxylic acids is 1. The molecule has 2 aromatic rings. The third kappa shape index (κ3) is 5.42. The predicted molar refractivity (Wildman–Crippen MR) is 106 cm³/mol. The first-order valence-electron chi connectivity index (χ1n) is 9.43. The molecule has 1 aliphatic heterocycles. The summed E-state index contributed by atoms with van der Waals surface area (Å²) in [6.45, 7) is -0.927. The molecular formula is C20H21F3N2O5S. The number of benzene rings is 2. The predicted octanol–water partition coefficient (Wildman–Crippen LogP) is 2.46. The summed E-state index contributed by atoms with van der Waals surface area (Å²) < 4.78 is 72.5. The maximum Gasteiger partial charge on any atom is 0.255 e. The van der Waals surface area contributed by atoms with Crippen molar-refractivity contribution >= 4 is 21.6 Å². The van der Waals surface area contributed by atoms with E-state index in [2.05, 4.69) is 5.32 Å². The van der Waals surface area contributed by atoms with Crippen LogP contribution in [0.1, 0.15) is 22.3 Å². The van der Waals surface area contributed by atoms with Crippen LogP contribution in [0.2, 0.25) is 0 Å². The van der Waals surface area contributed by atoms with Gasteiger partial charge in [-0.3, -0.25) is 4.79 Å². The monoisotopic (exact) mass is 458 g/mol. The van der Waals surface area contributed by atoms with Gasteiger partial charge in [0, 0.05) is 42.6 Å². The number of hydrogen-bond donors (Lipinski definition) is 2. The van der Waals surface area contributed by atoms with E-state index in [1.165, 1.54) is 12.1 Å². The second-order valence-electron chi connectivity index (χ2n) is 6.96. The van der Waals surface area contributed by atoms with Gasteiger partial charge in [-0.25, -0.2) is 21.6 Å². The summed E-state index contributed by atoms with van der Waals surface area (Å²) in [5.41, 5.74) is -0.307. The summed E-state index contributed by atoms with van der Waals surface area (Å²) in [5.74, 6) is -3.03. The molecular weight excluding hydrogens is 437 g/mol. The molecule has 0 radical (unpaired) electrons. The quantitative estimate of drug-likeness (QED) is 0.718. The lowest BCUT2D eigenvalue weighted by atomic mass is 10.1. The lowest BCUT2D eigenvalue weighted by Gasteiger charge is -2.27. The second kappa shape index (κ2) is 9.77. The first kappa shape index (κ1) is 23.2. The highest BCUT2D eigenvalue weighted by Gasteiger charge is 2.30. The van der Waals surface area contributed by atoms with Crippen LogP contribution in [0.5, 0.6) is 0 Å². The number of β-amino-alcohol motifs (C(OH)–C–C–N with tert-alkyl or cyclic N) is 1. The Balaban J connectivity index is 1.91. The van der Waals surface area contributed by atoms with Gasteiger partial charge in [-0.1, -0.05) is 6.07 Å². The fourth-order valence-corrected chi connectivity index (χ4v) is 4.78. The molecule has 2 N–H and O–H groups in total. The van der Waals surface area contributed by atoms with E-state index in [0.717, 1.165) is 28.6 Å². The van der Waals surface area contributed by atoms with Gasteiger partial charge in [0.2, 0.25) is 10.0 Å². The van der Waals surface area contributed by atoms with E-state index < -0.39 is 45.2 Å². The summed E-state index contributed by atoms with van der Waals surface area (Å²) in [6, 6.07) is 6.18.